The fourth-order valence-corrected chi connectivity index (χ4v) is 6.96. The number of rotatable bonds is 5. The molecule has 2 aliphatic carbocycles. The monoisotopic (exact) mass is 439 g/mol. The first-order chi connectivity index (χ1) is 14.9. The molecule has 3 fully saturated rings. The average Bonchev–Trinajstić information content (AvgIpc) is 3.42. The predicted molar refractivity (Wildman–Crippen MR) is 124 cm³/mol. The summed E-state index contributed by atoms with van der Waals surface area (Å²) in [6.45, 7) is 2.38. The quantitative estimate of drug-likeness (QED) is 0.648. The van der Waals surface area contributed by atoms with Crippen molar-refractivity contribution in [3.8, 4) is 16.9 Å². The van der Waals surface area contributed by atoms with Gasteiger partial charge < -0.3 is 9.64 Å². The van der Waals surface area contributed by atoms with Crippen LogP contribution >= 0.6 is 0 Å². The van der Waals surface area contributed by atoms with Gasteiger partial charge in [-0.1, -0.05) is 24.6 Å². The Hall–Kier alpha value is -1.85. The van der Waals surface area contributed by atoms with Crippen LogP contribution in [0.1, 0.15) is 50.0 Å². The van der Waals surface area contributed by atoms with Gasteiger partial charge in [-0.05, 0) is 104 Å². The van der Waals surface area contributed by atoms with E-state index in [-0.39, 0.29) is 0 Å². The molecule has 3 aliphatic rings. The van der Waals surface area contributed by atoms with Crippen LogP contribution in [-0.4, -0.2) is 45.8 Å². The summed E-state index contributed by atoms with van der Waals surface area (Å²) in [6.07, 6.45) is 9.42. The molecule has 0 unspecified atom stereocenters. The number of hydrogen-bond acceptors (Lipinski definition) is 4. The van der Waals surface area contributed by atoms with Crippen LogP contribution in [0.5, 0.6) is 5.75 Å². The van der Waals surface area contributed by atoms with E-state index >= 15 is 0 Å². The summed E-state index contributed by atoms with van der Waals surface area (Å²) in [6, 6.07) is 14.4. The Morgan fingerprint density at radius 1 is 0.903 bits per heavy atom. The highest BCUT2D eigenvalue weighted by Gasteiger charge is 2.43. The number of sulfone groups is 1. The lowest BCUT2D eigenvalue weighted by Gasteiger charge is -2.40. The molecule has 1 heterocycles. The van der Waals surface area contributed by atoms with Crippen LogP contribution in [-0.2, 0) is 9.84 Å². The standard InChI is InChI=1S/C26H33NO3S/c1-30-26-10-7-21(19-5-8-23(9-6-19)31(2,28)29)17-24(26)20-11-13-27(14-12-20)25-16-18-3-4-22(25)15-18/h5-10,17-18,20,22,25H,3-4,11-16H2,1-2H3/t18-,22-,25-/m0/s1. The smallest absolute Gasteiger partial charge is 0.175 e. The normalized spacial score (nSPS) is 27.0. The number of benzene rings is 2. The second-order valence-corrected chi connectivity index (χ2v) is 11.8. The molecule has 2 aromatic carbocycles. The molecule has 2 bridgehead atoms. The Balaban J connectivity index is 1.33. The zero-order chi connectivity index (χ0) is 21.6. The molecular formula is C26H33NO3S. The summed E-state index contributed by atoms with van der Waals surface area (Å²) < 4.78 is 29.3. The molecule has 2 aromatic rings. The molecule has 0 aromatic heterocycles. The molecule has 1 aliphatic heterocycles. The minimum Gasteiger partial charge on any atom is -0.496 e. The Morgan fingerprint density at radius 2 is 1.61 bits per heavy atom. The number of methoxy groups -OCH3 is 1. The predicted octanol–water partition coefficient (Wildman–Crippen LogP) is 5.13. The molecule has 5 heteroatoms. The van der Waals surface area contributed by atoms with Crippen molar-refractivity contribution in [2.45, 2.75) is 55.4 Å². The van der Waals surface area contributed by atoms with Crippen molar-refractivity contribution in [2.24, 2.45) is 11.8 Å². The Kier molecular flexibility index (Phi) is 5.59. The van der Waals surface area contributed by atoms with E-state index in [1.54, 1.807) is 19.2 Å². The maximum atomic E-state index is 11.8. The highest BCUT2D eigenvalue weighted by atomic mass is 32.2. The van der Waals surface area contributed by atoms with Crippen molar-refractivity contribution in [2.75, 3.05) is 26.5 Å². The van der Waals surface area contributed by atoms with Crippen molar-refractivity contribution < 1.29 is 13.2 Å². The molecule has 1 saturated heterocycles. The van der Waals surface area contributed by atoms with E-state index in [0.717, 1.165) is 34.8 Å². The van der Waals surface area contributed by atoms with Gasteiger partial charge in [0.15, 0.2) is 9.84 Å². The van der Waals surface area contributed by atoms with E-state index < -0.39 is 9.84 Å². The number of ether oxygens (including phenoxy) is 1. The van der Waals surface area contributed by atoms with Gasteiger partial charge >= 0.3 is 0 Å². The third kappa shape index (κ3) is 4.14. The fraction of sp³-hybridized carbons (Fsp3) is 0.538. The van der Waals surface area contributed by atoms with Crippen molar-refractivity contribution in [1.29, 1.82) is 0 Å². The minimum atomic E-state index is -3.18. The molecule has 4 nitrogen and oxygen atoms in total. The first kappa shape index (κ1) is 21.0. The summed E-state index contributed by atoms with van der Waals surface area (Å²) in [5.74, 6) is 3.43. The van der Waals surface area contributed by atoms with Gasteiger partial charge in [0.25, 0.3) is 0 Å². The zero-order valence-electron chi connectivity index (χ0n) is 18.6. The second kappa shape index (κ2) is 8.25. The first-order valence-electron chi connectivity index (χ1n) is 11.6. The number of piperidine rings is 1. The Labute approximate surface area is 186 Å². The zero-order valence-corrected chi connectivity index (χ0v) is 19.4. The number of nitrogens with zero attached hydrogens (tertiary/aromatic N) is 1. The molecular weight excluding hydrogens is 406 g/mol. The summed E-state index contributed by atoms with van der Waals surface area (Å²) >= 11 is 0. The lowest BCUT2D eigenvalue weighted by molar-refractivity contribution is 0.110. The van der Waals surface area contributed by atoms with Crippen LogP contribution in [0.2, 0.25) is 0 Å². The van der Waals surface area contributed by atoms with Crippen LogP contribution in [0.25, 0.3) is 11.1 Å². The van der Waals surface area contributed by atoms with Gasteiger partial charge in [-0.2, -0.15) is 0 Å². The van der Waals surface area contributed by atoms with Gasteiger partial charge in [0.2, 0.25) is 0 Å². The van der Waals surface area contributed by atoms with Gasteiger partial charge in [-0.25, -0.2) is 8.42 Å². The molecule has 0 radical (unpaired) electrons. The van der Waals surface area contributed by atoms with E-state index in [1.807, 2.05) is 12.1 Å². The van der Waals surface area contributed by atoms with E-state index in [1.165, 1.54) is 63.4 Å². The average molecular weight is 440 g/mol. The van der Waals surface area contributed by atoms with Crippen LogP contribution in [0.15, 0.2) is 47.4 Å². The van der Waals surface area contributed by atoms with Crippen LogP contribution in [0, 0.1) is 11.8 Å². The summed E-state index contributed by atoms with van der Waals surface area (Å²) in [7, 11) is -1.42. The maximum absolute atomic E-state index is 11.8. The Bertz CT molecular complexity index is 1040. The van der Waals surface area contributed by atoms with E-state index in [4.69, 9.17) is 4.74 Å². The van der Waals surface area contributed by atoms with E-state index in [2.05, 4.69) is 23.1 Å². The SMILES string of the molecule is COc1ccc(-c2ccc(S(C)(=O)=O)cc2)cc1C1CCN([C@H]2C[C@H]3CC[C@H]2C3)CC1. The molecule has 3 atom stereocenters. The fourth-order valence-electron chi connectivity index (χ4n) is 6.33. The molecule has 0 amide bonds. The molecule has 5 rings (SSSR count). The van der Waals surface area contributed by atoms with Crippen molar-refractivity contribution in [3.05, 3.63) is 48.0 Å². The van der Waals surface area contributed by atoms with Gasteiger partial charge in [0.1, 0.15) is 5.75 Å². The van der Waals surface area contributed by atoms with Gasteiger partial charge in [-0.3, -0.25) is 0 Å². The second-order valence-electron chi connectivity index (χ2n) is 9.81. The molecule has 0 N–H and O–H groups in total. The maximum Gasteiger partial charge on any atom is 0.175 e. The third-order valence-corrected chi connectivity index (χ3v) is 9.11. The minimum absolute atomic E-state index is 0.359. The van der Waals surface area contributed by atoms with Crippen LogP contribution in [0.3, 0.4) is 0 Å². The molecule has 0 spiro atoms. The van der Waals surface area contributed by atoms with Gasteiger partial charge in [0, 0.05) is 12.3 Å². The Morgan fingerprint density at radius 3 is 2.19 bits per heavy atom. The van der Waals surface area contributed by atoms with Crippen LogP contribution < -0.4 is 4.74 Å². The molecule has 31 heavy (non-hydrogen) atoms. The van der Waals surface area contributed by atoms with Gasteiger partial charge in [0.05, 0.1) is 12.0 Å². The van der Waals surface area contributed by atoms with E-state index in [9.17, 15) is 8.42 Å². The van der Waals surface area contributed by atoms with Gasteiger partial charge in [-0.15, -0.1) is 0 Å². The highest BCUT2D eigenvalue weighted by molar-refractivity contribution is 7.90. The highest BCUT2D eigenvalue weighted by Crippen LogP contribution is 2.48. The van der Waals surface area contributed by atoms with Crippen molar-refractivity contribution in [3.63, 3.8) is 0 Å². The molecule has 166 valence electrons. The number of likely N-dealkylation sites (tertiary alicyclic amines) is 1. The largest absolute Gasteiger partial charge is 0.496 e. The molecule has 2 saturated carbocycles. The third-order valence-electron chi connectivity index (χ3n) is 7.98. The number of hydrogen-bond donors (Lipinski definition) is 0. The summed E-state index contributed by atoms with van der Waals surface area (Å²) in [5.41, 5.74) is 3.45. The van der Waals surface area contributed by atoms with E-state index in [0.29, 0.717) is 10.8 Å². The topological polar surface area (TPSA) is 46.6 Å². The lowest BCUT2D eigenvalue weighted by atomic mass is 9.85. The first-order valence-corrected chi connectivity index (χ1v) is 13.5. The van der Waals surface area contributed by atoms with Crippen molar-refractivity contribution >= 4 is 9.84 Å². The van der Waals surface area contributed by atoms with Crippen LogP contribution in [0.4, 0.5) is 0 Å². The van der Waals surface area contributed by atoms with Crippen molar-refractivity contribution in [1.82, 2.24) is 4.90 Å². The lowest BCUT2D eigenvalue weighted by Crippen LogP contribution is -2.43. The summed E-state index contributed by atoms with van der Waals surface area (Å²) in [4.78, 5) is 3.14. The number of fused-ring (bicyclic) bond motifs is 2. The summed E-state index contributed by atoms with van der Waals surface area (Å²) in [5, 5.41) is 0.